The zero-order chi connectivity index (χ0) is 17.6. The van der Waals surface area contributed by atoms with Gasteiger partial charge >= 0.3 is 7.60 Å². The van der Waals surface area contributed by atoms with E-state index in [0.29, 0.717) is 27.9 Å². The van der Waals surface area contributed by atoms with Crippen molar-refractivity contribution in [1.82, 2.24) is 9.55 Å². The largest absolute Gasteiger partial charge is 0.445 e. The minimum Gasteiger partial charge on any atom is -0.445 e. The molecule has 3 rings (SSSR count). The Labute approximate surface area is 145 Å². The van der Waals surface area contributed by atoms with Gasteiger partial charge in [-0.3, -0.25) is 4.57 Å². The molecule has 0 fully saturated rings. The third-order valence-corrected chi connectivity index (χ3v) is 4.83. The molecule has 2 aromatic heterocycles. The highest BCUT2D eigenvalue weighted by atomic mass is 79.9. The van der Waals surface area contributed by atoms with Crippen molar-refractivity contribution in [3.05, 3.63) is 34.6 Å². The van der Waals surface area contributed by atoms with Crippen LogP contribution in [0.5, 0.6) is 0 Å². The number of nitrogens with zero attached hydrogens (tertiary/aromatic N) is 2. The van der Waals surface area contributed by atoms with Crippen LogP contribution in [0.15, 0.2) is 33.2 Å². The first kappa shape index (κ1) is 17.4. The Morgan fingerprint density at radius 2 is 2.08 bits per heavy atom. The maximum absolute atomic E-state index is 13.7. The molecule has 0 unspecified atom stereocenters. The van der Waals surface area contributed by atoms with E-state index in [1.54, 1.807) is 0 Å². The van der Waals surface area contributed by atoms with E-state index < -0.39 is 18.9 Å². The summed E-state index contributed by atoms with van der Waals surface area (Å²) in [6.45, 7) is 4.63. The van der Waals surface area contributed by atoms with Gasteiger partial charge in [0.15, 0.2) is 11.6 Å². The van der Waals surface area contributed by atoms with E-state index in [4.69, 9.17) is 4.42 Å². The molecule has 1 aromatic carbocycles. The molecule has 24 heavy (non-hydrogen) atoms. The van der Waals surface area contributed by atoms with Crippen LogP contribution in [0, 0.1) is 11.7 Å². The highest BCUT2D eigenvalue weighted by Gasteiger charge is 2.25. The van der Waals surface area contributed by atoms with Gasteiger partial charge in [-0.25, -0.2) is 9.37 Å². The standard InChI is InChI=1S/C15H15BrFN2O4P/c1-8(2)7-19-14-10(16)5-9(17)6-11(14)18-15(19)12-3-4-13(23-12)24(20,21)22/h3-6,8H,7H2,1-2H3,(H2,20,21,22). The Bertz CT molecular complexity index is 960. The Morgan fingerprint density at radius 3 is 2.67 bits per heavy atom. The van der Waals surface area contributed by atoms with Crippen LogP contribution < -0.4 is 5.50 Å². The van der Waals surface area contributed by atoms with Crippen LogP contribution in [0.25, 0.3) is 22.6 Å². The zero-order valence-corrected chi connectivity index (χ0v) is 15.4. The highest BCUT2D eigenvalue weighted by Crippen LogP contribution is 2.37. The lowest BCUT2D eigenvalue weighted by atomic mass is 10.2. The summed E-state index contributed by atoms with van der Waals surface area (Å²) in [7, 11) is -4.49. The third kappa shape index (κ3) is 3.19. The lowest BCUT2D eigenvalue weighted by molar-refractivity contribution is 0.377. The first-order chi connectivity index (χ1) is 11.2. The molecule has 0 radical (unpaired) electrons. The molecule has 0 saturated heterocycles. The Morgan fingerprint density at radius 1 is 1.38 bits per heavy atom. The number of furan rings is 1. The molecule has 0 aliphatic heterocycles. The van der Waals surface area contributed by atoms with Crippen molar-refractivity contribution in [2.75, 3.05) is 0 Å². The fraction of sp³-hybridized carbons (Fsp3) is 0.267. The molecule has 0 amide bonds. The first-order valence-electron chi connectivity index (χ1n) is 7.18. The first-order valence-corrected chi connectivity index (χ1v) is 9.59. The van der Waals surface area contributed by atoms with Crippen molar-refractivity contribution in [2.45, 2.75) is 20.4 Å². The Kier molecular flexibility index (Phi) is 4.42. The van der Waals surface area contributed by atoms with Gasteiger partial charge in [0.05, 0.1) is 11.0 Å². The van der Waals surface area contributed by atoms with Gasteiger partial charge in [-0.2, -0.15) is 0 Å². The van der Waals surface area contributed by atoms with Crippen molar-refractivity contribution in [2.24, 2.45) is 5.92 Å². The highest BCUT2D eigenvalue weighted by molar-refractivity contribution is 9.10. The molecule has 9 heteroatoms. The summed E-state index contributed by atoms with van der Waals surface area (Å²) in [6.07, 6.45) is 0. The molecule has 2 heterocycles. The average Bonchev–Trinajstić information content (AvgIpc) is 3.02. The monoisotopic (exact) mass is 416 g/mol. The third-order valence-electron chi connectivity index (χ3n) is 3.41. The van der Waals surface area contributed by atoms with E-state index in [1.807, 2.05) is 18.4 Å². The number of imidazole rings is 1. The van der Waals surface area contributed by atoms with Gasteiger partial charge in [-0.1, -0.05) is 13.8 Å². The second-order valence-corrected chi connectivity index (χ2v) is 8.26. The van der Waals surface area contributed by atoms with Crippen molar-refractivity contribution in [3.63, 3.8) is 0 Å². The van der Waals surface area contributed by atoms with Crippen molar-refractivity contribution in [1.29, 1.82) is 0 Å². The lowest BCUT2D eigenvalue weighted by Crippen LogP contribution is -2.06. The number of fused-ring (bicyclic) bond motifs is 1. The van der Waals surface area contributed by atoms with Gasteiger partial charge in [0.25, 0.3) is 0 Å². The topological polar surface area (TPSA) is 88.5 Å². The number of aromatic nitrogens is 2. The number of rotatable bonds is 4. The minimum absolute atomic E-state index is 0.220. The van der Waals surface area contributed by atoms with E-state index in [0.717, 1.165) is 0 Å². The second-order valence-electron chi connectivity index (χ2n) is 5.88. The predicted octanol–water partition coefficient (Wildman–Crippen LogP) is 3.66. The molecule has 0 spiro atoms. The quantitative estimate of drug-likeness (QED) is 0.633. The average molecular weight is 417 g/mol. The summed E-state index contributed by atoms with van der Waals surface area (Å²) in [5, 5.41) is 0. The molecule has 128 valence electrons. The fourth-order valence-corrected chi connectivity index (χ4v) is 3.64. The van der Waals surface area contributed by atoms with Crippen molar-refractivity contribution in [3.8, 4) is 11.6 Å². The SMILES string of the molecule is CC(C)Cn1c(-c2ccc(P(=O)(O)O)o2)nc2cc(F)cc(Br)c21. The lowest BCUT2D eigenvalue weighted by Gasteiger charge is -2.11. The maximum atomic E-state index is 13.7. The predicted molar refractivity (Wildman–Crippen MR) is 91.6 cm³/mol. The van der Waals surface area contributed by atoms with Crippen LogP contribution >= 0.6 is 23.5 Å². The van der Waals surface area contributed by atoms with E-state index in [2.05, 4.69) is 20.9 Å². The van der Waals surface area contributed by atoms with Gasteiger partial charge in [0, 0.05) is 17.1 Å². The molecular weight excluding hydrogens is 402 g/mol. The zero-order valence-electron chi connectivity index (χ0n) is 12.9. The summed E-state index contributed by atoms with van der Waals surface area (Å²) in [5.41, 5.74) is 0.715. The van der Waals surface area contributed by atoms with Crippen LogP contribution in [0.2, 0.25) is 0 Å². The van der Waals surface area contributed by atoms with Crippen LogP contribution in [0.4, 0.5) is 4.39 Å². The van der Waals surface area contributed by atoms with Crippen LogP contribution in [-0.4, -0.2) is 19.3 Å². The number of halogens is 2. The number of benzene rings is 1. The summed E-state index contributed by atoms with van der Waals surface area (Å²) in [6, 6.07) is 5.35. The minimum atomic E-state index is -4.49. The van der Waals surface area contributed by atoms with E-state index >= 15 is 0 Å². The molecule has 3 aromatic rings. The van der Waals surface area contributed by atoms with E-state index in [1.165, 1.54) is 24.3 Å². The van der Waals surface area contributed by atoms with Gasteiger partial charge in [-0.05, 0) is 40.0 Å². The summed E-state index contributed by atoms with van der Waals surface area (Å²) in [4.78, 5) is 22.8. The Hall–Kier alpha value is -1.47. The summed E-state index contributed by atoms with van der Waals surface area (Å²) in [5.74, 6) is 0.460. The van der Waals surface area contributed by atoms with Gasteiger partial charge in [0.1, 0.15) is 5.82 Å². The van der Waals surface area contributed by atoms with Crippen molar-refractivity contribution >= 4 is 40.1 Å². The maximum Gasteiger partial charge on any atom is 0.391 e. The normalized spacial score (nSPS) is 12.5. The fourth-order valence-electron chi connectivity index (χ4n) is 2.52. The number of hydrogen-bond acceptors (Lipinski definition) is 3. The molecule has 0 bridgehead atoms. The van der Waals surface area contributed by atoms with Crippen molar-refractivity contribution < 1.29 is 23.2 Å². The molecule has 0 atom stereocenters. The van der Waals surface area contributed by atoms with Gasteiger partial charge in [-0.15, -0.1) is 0 Å². The van der Waals surface area contributed by atoms with Crippen LogP contribution in [0.3, 0.4) is 0 Å². The van der Waals surface area contributed by atoms with E-state index in [9.17, 15) is 18.7 Å². The molecule has 0 aliphatic carbocycles. The Balaban J connectivity index is 2.25. The molecular formula is C15H15BrFN2O4P. The second kappa shape index (κ2) is 6.11. The van der Waals surface area contributed by atoms with Crippen LogP contribution in [-0.2, 0) is 11.1 Å². The molecule has 2 N–H and O–H groups in total. The number of hydrogen-bond donors (Lipinski definition) is 2. The van der Waals surface area contributed by atoms with Gasteiger partial charge < -0.3 is 18.8 Å². The van der Waals surface area contributed by atoms with E-state index in [-0.39, 0.29) is 11.7 Å². The molecule has 6 nitrogen and oxygen atoms in total. The smallest absolute Gasteiger partial charge is 0.391 e. The van der Waals surface area contributed by atoms with Gasteiger partial charge in [0.2, 0.25) is 5.50 Å². The summed E-state index contributed by atoms with van der Waals surface area (Å²) < 4.78 is 32.7. The molecule has 0 aliphatic rings. The summed E-state index contributed by atoms with van der Waals surface area (Å²) >= 11 is 3.36. The molecule has 0 saturated carbocycles. The van der Waals surface area contributed by atoms with Crippen LogP contribution in [0.1, 0.15) is 13.8 Å².